The molecule has 0 fully saturated rings. The van der Waals surface area contributed by atoms with Crippen LogP contribution in [0.25, 0.3) is 0 Å². The van der Waals surface area contributed by atoms with E-state index < -0.39 is 10.0 Å². The molecule has 0 saturated heterocycles. The van der Waals surface area contributed by atoms with Crippen molar-refractivity contribution < 1.29 is 13.2 Å². The number of nitrogen functional groups attached to an aromatic ring is 1. The third kappa shape index (κ3) is 5.95. The molecule has 0 spiro atoms. The second-order valence-electron chi connectivity index (χ2n) is 6.34. The zero-order chi connectivity index (χ0) is 19.3. The molecule has 0 aromatic heterocycles. The van der Waals surface area contributed by atoms with E-state index in [0.717, 1.165) is 11.1 Å². The van der Waals surface area contributed by atoms with E-state index in [0.29, 0.717) is 18.5 Å². The summed E-state index contributed by atoms with van der Waals surface area (Å²) in [6, 6.07) is 13.8. The number of hydrogen-bond acceptors (Lipinski definition) is 4. The van der Waals surface area contributed by atoms with E-state index in [1.165, 1.54) is 18.4 Å². The van der Waals surface area contributed by atoms with Crippen LogP contribution in [0.5, 0.6) is 0 Å². The molecule has 1 amide bonds. The third-order valence-electron chi connectivity index (χ3n) is 4.21. The molecule has 8 heteroatoms. The van der Waals surface area contributed by atoms with Gasteiger partial charge in [-0.3, -0.25) is 4.79 Å². The zero-order valence-corrected chi connectivity index (χ0v) is 17.3. The van der Waals surface area contributed by atoms with Gasteiger partial charge < -0.3 is 11.1 Å². The maximum atomic E-state index is 12.2. The first kappa shape index (κ1) is 23.0. The Bertz CT molecular complexity index is 868. The van der Waals surface area contributed by atoms with Gasteiger partial charge in [0.2, 0.25) is 15.9 Å². The van der Waals surface area contributed by atoms with Crippen molar-refractivity contribution in [2.75, 3.05) is 19.8 Å². The van der Waals surface area contributed by atoms with Crippen LogP contribution in [0.2, 0.25) is 0 Å². The highest BCUT2D eigenvalue weighted by molar-refractivity contribution is 7.89. The lowest BCUT2D eigenvalue weighted by Gasteiger charge is -2.16. The van der Waals surface area contributed by atoms with Crippen LogP contribution < -0.4 is 11.1 Å². The monoisotopic (exact) mass is 411 g/mol. The first-order valence-electron chi connectivity index (χ1n) is 8.37. The molecule has 1 unspecified atom stereocenters. The van der Waals surface area contributed by atoms with Gasteiger partial charge in [-0.2, -0.15) is 0 Å². The molecule has 0 aliphatic rings. The second kappa shape index (κ2) is 9.73. The van der Waals surface area contributed by atoms with Crippen LogP contribution in [0, 0.1) is 0 Å². The number of amides is 1. The van der Waals surface area contributed by atoms with E-state index in [1.54, 1.807) is 24.3 Å². The number of anilines is 1. The van der Waals surface area contributed by atoms with Crippen molar-refractivity contribution in [3.05, 3.63) is 59.7 Å². The number of sulfonamides is 1. The largest absolute Gasteiger partial charge is 0.399 e. The number of rotatable bonds is 7. The fourth-order valence-electron chi connectivity index (χ4n) is 2.55. The van der Waals surface area contributed by atoms with Crippen molar-refractivity contribution >= 4 is 34.0 Å². The van der Waals surface area contributed by atoms with Crippen molar-refractivity contribution in [2.45, 2.75) is 30.7 Å². The van der Waals surface area contributed by atoms with E-state index in [2.05, 4.69) is 5.32 Å². The van der Waals surface area contributed by atoms with Crippen molar-refractivity contribution in [3.63, 3.8) is 0 Å². The third-order valence-corrected chi connectivity index (χ3v) is 6.04. The van der Waals surface area contributed by atoms with Gasteiger partial charge in [-0.25, -0.2) is 12.7 Å². The Morgan fingerprint density at radius 1 is 1.11 bits per heavy atom. The minimum atomic E-state index is -3.45. The predicted molar refractivity (Wildman–Crippen MR) is 110 cm³/mol. The van der Waals surface area contributed by atoms with Gasteiger partial charge in [0.1, 0.15) is 0 Å². The highest BCUT2D eigenvalue weighted by atomic mass is 35.5. The average molecular weight is 412 g/mol. The molecule has 1 atom stereocenters. The SMILES string of the molecule is CC(NC(=O)CCc1ccccc1N)c1ccc(S(=O)(=O)N(C)C)cc1.Cl. The Kier molecular flexibility index (Phi) is 8.27. The lowest BCUT2D eigenvalue weighted by molar-refractivity contribution is -0.121. The van der Waals surface area contributed by atoms with Crippen LogP contribution >= 0.6 is 12.4 Å². The lowest BCUT2D eigenvalue weighted by atomic mass is 10.1. The summed E-state index contributed by atoms with van der Waals surface area (Å²) in [4.78, 5) is 12.4. The molecule has 27 heavy (non-hydrogen) atoms. The van der Waals surface area contributed by atoms with E-state index in [-0.39, 0.29) is 29.3 Å². The molecule has 148 valence electrons. The van der Waals surface area contributed by atoms with E-state index >= 15 is 0 Å². The summed E-state index contributed by atoms with van der Waals surface area (Å²) in [5, 5.41) is 2.93. The van der Waals surface area contributed by atoms with Crippen LogP contribution in [-0.2, 0) is 21.2 Å². The molecule has 0 aliphatic carbocycles. The van der Waals surface area contributed by atoms with Gasteiger partial charge in [0, 0.05) is 26.2 Å². The summed E-state index contributed by atoms with van der Waals surface area (Å²) in [7, 11) is -0.468. The molecule has 2 rings (SSSR count). The minimum Gasteiger partial charge on any atom is -0.399 e. The van der Waals surface area contributed by atoms with Crippen molar-refractivity contribution in [3.8, 4) is 0 Å². The molecule has 3 N–H and O–H groups in total. The van der Waals surface area contributed by atoms with E-state index in [9.17, 15) is 13.2 Å². The quantitative estimate of drug-likeness (QED) is 0.685. The van der Waals surface area contributed by atoms with E-state index in [4.69, 9.17) is 5.73 Å². The zero-order valence-electron chi connectivity index (χ0n) is 15.7. The van der Waals surface area contributed by atoms with Crippen LogP contribution in [0.3, 0.4) is 0 Å². The maximum absolute atomic E-state index is 12.2. The summed E-state index contributed by atoms with van der Waals surface area (Å²) in [6.45, 7) is 1.87. The average Bonchev–Trinajstić information content (AvgIpc) is 2.61. The number of carbonyl (C=O) groups is 1. The molecule has 0 radical (unpaired) electrons. The van der Waals surface area contributed by atoms with Gasteiger partial charge in [-0.1, -0.05) is 30.3 Å². The minimum absolute atomic E-state index is 0. The van der Waals surface area contributed by atoms with Gasteiger partial charge in [0.15, 0.2) is 0 Å². The Labute approximate surface area is 167 Å². The number of nitrogens with zero attached hydrogens (tertiary/aromatic N) is 1. The molecule has 0 aliphatic heterocycles. The van der Waals surface area contributed by atoms with Crippen molar-refractivity contribution in [1.29, 1.82) is 0 Å². The highest BCUT2D eigenvalue weighted by Crippen LogP contribution is 2.19. The molecule has 6 nitrogen and oxygen atoms in total. The lowest BCUT2D eigenvalue weighted by Crippen LogP contribution is -2.27. The highest BCUT2D eigenvalue weighted by Gasteiger charge is 2.17. The van der Waals surface area contributed by atoms with Gasteiger partial charge in [-0.05, 0) is 42.7 Å². The Hall–Kier alpha value is -2.09. The van der Waals surface area contributed by atoms with Crippen LogP contribution in [0.15, 0.2) is 53.4 Å². The topological polar surface area (TPSA) is 92.5 Å². The smallest absolute Gasteiger partial charge is 0.242 e. The molecule has 2 aromatic carbocycles. The van der Waals surface area contributed by atoms with Crippen LogP contribution in [0.1, 0.15) is 30.5 Å². The standard InChI is InChI=1S/C19H25N3O3S.ClH/c1-14(15-8-11-17(12-9-15)26(24,25)22(2)3)21-19(23)13-10-16-6-4-5-7-18(16)20;/h4-9,11-12,14H,10,13,20H2,1-3H3,(H,21,23);1H. The molecular formula is C19H26ClN3O3S. The Balaban J connectivity index is 0.00000364. The number of aryl methyl sites for hydroxylation is 1. The number of nitrogens with two attached hydrogens (primary N) is 1. The fourth-order valence-corrected chi connectivity index (χ4v) is 3.45. The number of hydrogen-bond donors (Lipinski definition) is 2. The molecular weight excluding hydrogens is 386 g/mol. The van der Waals surface area contributed by atoms with E-state index in [1.807, 2.05) is 31.2 Å². The Morgan fingerprint density at radius 3 is 2.26 bits per heavy atom. The summed E-state index contributed by atoms with van der Waals surface area (Å²) < 4.78 is 25.3. The predicted octanol–water partition coefficient (Wildman–Crippen LogP) is 2.75. The summed E-state index contributed by atoms with van der Waals surface area (Å²) in [5.41, 5.74) is 8.37. The van der Waals surface area contributed by atoms with Gasteiger partial charge in [0.05, 0.1) is 10.9 Å². The molecule has 0 saturated carbocycles. The molecule has 2 aromatic rings. The van der Waals surface area contributed by atoms with Gasteiger partial charge >= 0.3 is 0 Å². The number of halogens is 1. The summed E-state index contributed by atoms with van der Waals surface area (Å²) >= 11 is 0. The van der Waals surface area contributed by atoms with Crippen LogP contribution in [-0.4, -0.2) is 32.7 Å². The van der Waals surface area contributed by atoms with Crippen molar-refractivity contribution in [2.24, 2.45) is 0 Å². The normalized spacial score (nSPS) is 12.3. The first-order chi connectivity index (χ1) is 12.2. The molecule has 0 heterocycles. The van der Waals surface area contributed by atoms with Crippen molar-refractivity contribution in [1.82, 2.24) is 9.62 Å². The first-order valence-corrected chi connectivity index (χ1v) is 9.81. The second-order valence-corrected chi connectivity index (χ2v) is 8.50. The summed E-state index contributed by atoms with van der Waals surface area (Å²) in [5.74, 6) is -0.0780. The fraction of sp³-hybridized carbons (Fsp3) is 0.316. The number of carbonyl (C=O) groups excluding carboxylic acids is 1. The summed E-state index contributed by atoms with van der Waals surface area (Å²) in [6.07, 6.45) is 0.914. The van der Waals surface area contributed by atoms with Gasteiger partial charge in [0.25, 0.3) is 0 Å². The maximum Gasteiger partial charge on any atom is 0.242 e. The Morgan fingerprint density at radius 2 is 1.70 bits per heavy atom. The number of para-hydroxylation sites is 1. The molecule has 0 bridgehead atoms. The van der Waals surface area contributed by atoms with Gasteiger partial charge in [-0.15, -0.1) is 12.4 Å². The number of nitrogens with one attached hydrogen (secondary N) is 1. The van der Waals surface area contributed by atoms with Crippen LogP contribution in [0.4, 0.5) is 5.69 Å². The number of benzene rings is 2.